The Hall–Kier alpha value is -1.53. The first-order valence-electron chi connectivity index (χ1n) is 8.71. The van der Waals surface area contributed by atoms with Crippen LogP contribution in [0.25, 0.3) is 0 Å². The van der Waals surface area contributed by atoms with Gasteiger partial charge in [-0.1, -0.05) is 37.3 Å². The summed E-state index contributed by atoms with van der Waals surface area (Å²) >= 11 is 1.68. The number of nitrogens with zero attached hydrogens (tertiary/aromatic N) is 1. The van der Waals surface area contributed by atoms with Gasteiger partial charge in [0, 0.05) is 11.3 Å². The molecule has 2 aliphatic heterocycles. The van der Waals surface area contributed by atoms with E-state index in [1.165, 1.54) is 0 Å². The van der Waals surface area contributed by atoms with E-state index < -0.39 is 17.6 Å². The van der Waals surface area contributed by atoms with Crippen molar-refractivity contribution >= 4 is 23.6 Å². The molecule has 2 saturated heterocycles. The maximum atomic E-state index is 12.7. The number of fused-ring (bicyclic) bond motifs is 1. The largest absolute Gasteiger partial charge is 0.459 e. The van der Waals surface area contributed by atoms with E-state index >= 15 is 0 Å². The normalized spacial score (nSPS) is 28.5. The first-order valence-corrected chi connectivity index (χ1v) is 9.76. The molecular weight excluding hydrogens is 338 g/mol. The maximum Gasteiger partial charge on any atom is 0.330 e. The molecule has 4 atom stereocenters. The van der Waals surface area contributed by atoms with Crippen molar-refractivity contribution in [2.24, 2.45) is 5.92 Å². The molecule has 0 saturated carbocycles. The van der Waals surface area contributed by atoms with E-state index in [-0.39, 0.29) is 29.8 Å². The van der Waals surface area contributed by atoms with Crippen molar-refractivity contribution < 1.29 is 19.4 Å². The van der Waals surface area contributed by atoms with E-state index in [9.17, 15) is 14.7 Å². The predicted molar refractivity (Wildman–Crippen MR) is 97.0 cm³/mol. The van der Waals surface area contributed by atoms with Crippen LogP contribution < -0.4 is 0 Å². The van der Waals surface area contributed by atoms with Crippen LogP contribution in [0, 0.1) is 5.92 Å². The molecule has 25 heavy (non-hydrogen) atoms. The van der Waals surface area contributed by atoms with Crippen LogP contribution in [-0.2, 0) is 20.9 Å². The summed E-state index contributed by atoms with van der Waals surface area (Å²) in [6.07, 6.45) is 0.726. The molecule has 1 aromatic rings. The lowest BCUT2D eigenvalue weighted by molar-refractivity contribution is -0.179. The van der Waals surface area contributed by atoms with Crippen molar-refractivity contribution in [3.63, 3.8) is 0 Å². The minimum Gasteiger partial charge on any atom is -0.459 e. The van der Waals surface area contributed by atoms with Gasteiger partial charge in [0.15, 0.2) is 0 Å². The molecule has 1 N–H and O–H groups in total. The number of ether oxygens (including phenoxy) is 1. The molecule has 2 unspecified atom stereocenters. The Morgan fingerprint density at radius 2 is 2.04 bits per heavy atom. The summed E-state index contributed by atoms with van der Waals surface area (Å²) in [6.45, 7) is 5.58. The van der Waals surface area contributed by atoms with Crippen LogP contribution in [0.3, 0.4) is 0 Å². The van der Waals surface area contributed by atoms with Gasteiger partial charge < -0.3 is 14.7 Å². The Bertz CT molecular complexity index is 643. The summed E-state index contributed by atoms with van der Waals surface area (Å²) in [5, 5.41) is 10.3. The highest BCUT2D eigenvalue weighted by molar-refractivity contribution is 7.99. The van der Waals surface area contributed by atoms with Gasteiger partial charge in [-0.3, -0.25) is 4.79 Å². The number of rotatable bonds is 6. The fraction of sp³-hybridized carbons (Fsp3) is 0.579. The average molecular weight is 363 g/mol. The van der Waals surface area contributed by atoms with Gasteiger partial charge in [-0.25, -0.2) is 4.79 Å². The summed E-state index contributed by atoms with van der Waals surface area (Å²) < 4.78 is 5.50. The summed E-state index contributed by atoms with van der Waals surface area (Å²) in [7, 11) is 0. The monoisotopic (exact) mass is 363 g/mol. The Morgan fingerprint density at radius 1 is 1.36 bits per heavy atom. The molecule has 2 aliphatic rings. The van der Waals surface area contributed by atoms with Gasteiger partial charge in [0.05, 0.1) is 11.5 Å². The number of aliphatic hydroxyl groups is 1. The van der Waals surface area contributed by atoms with Crippen LogP contribution in [0.4, 0.5) is 0 Å². The van der Waals surface area contributed by atoms with Crippen molar-refractivity contribution in [3.05, 3.63) is 35.9 Å². The smallest absolute Gasteiger partial charge is 0.330 e. The average Bonchev–Trinajstić information content (AvgIpc) is 2.86. The molecule has 0 bridgehead atoms. The van der Waals surface area contributed by atoms with Crippen molar-refractivity contribution in [2.45, 2.75) is 56.7 Å². The molecule has 2 fully saturated rings. The summed E-state index contributed by atoms with van der Waals surface area (Å²) in [4.78, 5) is 26.9. The molecule has 0 aliphatic carbocycles. The van der Waals surface area contributed by atoms with Gasteiger partial charge in [-0.05, 0) is 31.6 Å². The number of β-lactam (4-membered cyclic amide) rings is 1. The quantitative estimate of drug-likeness (QED) is 0.620. The first kappa shape index (κ1) is 18.3. The third kappa shape index (κ3) is 3.42. The maximum absolute atomic E-state index is 12.7. The zero-order valence-electron chi connectivity index (χ0n) is 14.8. The lowest BCUT2D eigenvalue weighted by atomic mass is 9.76. The van der Waals surface area contributed by atoms with Crippen molar-refractivity contribution in [1.82, 2.24) is 4.90 Å². The van der Waals surface area contributed by atoms with E-state index in [1.54, 1.807) is 30.5 Å². The van der Waals surface area contributed by atoms with E-state index in [1.807, 2.05) is 37.3 Å². The molecule has 0 aromatic heterocycles. The van der Waals surface area contributed by atoms with Crippen LogP contribution in [0.5, 0.6) is 0 Å². The van der Waals surface area contributed by atoms with E-state index in [2.05, 4.69) is 0 Å². The molecule has 136 valence electrons. The van der Waals surface area contributed by atoms with Gasteiger partial charge >= 0.3 is 5.97 Å². The van der Waals surface area contributed by atoms with Gasteiger partial charge in [0.1, 0.15) is 12.6 Å². The fourth-order valence-electron chi connectivity index (χ4n) is 3.93. The number of carbonyl (C=O) groups excluding carboxylic acids is 2. The Kier molecular flexibility index (Phi) is 5.11. The lowest BCUT2D eigenvalue weighted by Crippen LogP contribution is -2.67. The summed E-state index contributed by atoms with van der Waals surface area (Å²) in [6, 6.07) is 8.89. The Labute approximate surface area is 152 Å². The molecule has 0 radical (unpaired) electrons. The molecular formula is C19H25NO4S. The fourth-order valence-corrected chi connectivity index (χ4v) is 5.12. The number of thioether (sulfide) groups is 1. The van der Waals surface area contributed by atoms with Crippen molar-refractivity contribution in [3.8, 4) is 0 Å². The standard InChI is InChI=1S/C19H25NO4S/c1-4-25-14-10-13-15(19(2,3)23)17(21)20(13)16(14)18(22)24-11-12-8-6-5-7-9-12/h5-9,13-16,23H,4,10-11H2,1-3H3/t13-,14?,15+,16?/m0/s1. The lowest BCUT2D eigenvalue weighted by Gasteiger charge is -2.49. The number of esters is 1. The van der Waals surface area contributed by atoms with Crippen molar-refractivity contribution in [2.75, 3.05) is 5.75 Å². The van der Waals surface area contributed by atoms with Gasteiger partial charge in [0.25, 0.3) is 0 Å². The Morgan fingerprint density at radius 3 is 2.64 bits per heavy atom. The van der Waals surface area contributed by atoms with Crippen LogP contribution in [0.15, 0.2) is 30.3 Å². The van der Waals surface area contributed by atoms with E-state index in [0.29, 0.717) is 0 Å². The minimum atomic E-state index is -1.07. The zero-order valence-corrected chi connectivity index (χ0v) is 15.7. The number of benzene rings is 1. The molecule has 3 rings (SSSR count). The van der Waals surface area contributed by atoms with Crippen LogP contribution >= 0.6 is 11.8 Å². The van der Waals surface area contributed by atoms with E-state index in [0.717, 1.165) is 17.7 Å². The summed E-state index contributed by atoms with van der Waals surface area (Å²) in [5.74, 6) is -0.0488. The number of hydrogen-bond donors (Lipinski definition) is 1. The number of hydrogen-bond acceptors (Lipinski definition) is 5. The van der Waals surface area contributed by atoms with Crippen LogP contribution in [0.2, 0.25) is 0 Å². The van der Waals surface area contributed by atoms with Gasteiger partial charge in [-0.15, -0.1) is 0 Å². The third-order valence-electron chi connectivity index (χ3n) is 5.00. The first-order chi connectivity index (χ1) is 11.8. The minimum absolute atomic E-state index is 0.0228. The second kappa shape index (κ2) is 7.00. The zero-order chi connectivity index (χ0) is 18.2. The highest BCUT2D eigenvalue weighted by atomic mass is 32.2. The number of amides is 1. The second-order valence-electron chi connectivity index (χ2n) is 7.21. The number of carbonyl (C=O) groups is 2. The molecule has 5 nitrogen and oxygen atoms in total. The summed E-state index contributed by atoms with van der Waals surface area (Å²) in [5.41, 5.74) is -0.142. The third-order valence-corrected chi connectivity index (χ3v) is 6.21. The molecule has 2 heterocycles. The van der Waals surface area contributed by atoms with Crippen molar-refractivity contribution in [1.29, 1.82) is 0 Å². The van der Waals surface area contributed by atoms with Gasteiger partial charge in [0.2, 0.25) is 5.91 Å². The molecule has 1 aromatic carbocycles. The molecule has 1 amide bonds. The predicted octanol–water partition coefficient (Wildman–Crippen LogP) is 2.22. The van der Waals surface area contributed by atoms with E-state index in [4.69, 9.17) is 4.74 Å². The van der Waals surface area contributed by atoms with Gasteiger partial charge in [-0.2, -0.15) is 11.8 Å². The molecule has 6 heteroatoms. The topological polar surface area (TPSA) is 66.8 Å². The van der Waals surface area contributed by atoms with Crippen LogP contribution in [-0.4, -0.2) is 50.6 Å². The Balaban J connectivity index is 1.72. The van der Waals surface area contributed by atoms with Crippen LogP contribution in [0.1, 0.15) is 32.8 Å². The molecule has 0 spiro atoms. The SMILES string of the molecule is CCSC1C[C@H]2[C@@H](C(C)(C)O)C(=O)N2C1C(=O)OCc1ccccc1. The second-order valence-corrected chi connectivity index (χ2v) is 8.73. The highest BCUT2D eigenvalue weighted by Crippen LogP contribution is 2.47. The highest BCUT2D eigenvalue weighted by Gasteiger charge is 2.63.